The van der Waals surface area contributed by atoms with Gasteiger partial charge in [-0.05, 0) is 23.8 Å². The van der Waals surface area contributed by atoms with E-state index in [-0.39, 0.29) is 17.9 Å². The highest BCUT2D eigenvalue weighted by molar-refractivity contribution is 5.62. The standard InChI is InChI=1S/C13H10F2N2O2/c14-10-4-1-3-9(7-10)8-16-13-11(15)5-2-6-12(13)17(18)19/h1-7,16H,8H2. The molecule has 0 fully saturated rings. The van der Waals surface area contributed by atoms with Crippen molar-refractivity contribution < 1.29 is 13.7 Å². The number of hydrogen-bond donors (Lipinski definition) is 1. The Balaban J connectivity index is 2.22. The zero-order chi connectivity index (χ0) is 13.8. The molecule has 0 aromatic heterocycles. The van der Waals surface area contributed by atoms with Crippen LogP contribution in [0.5, 0.6) is 0 Å². The van der Waals surface area contributed by atoms with Crippen molar-refractivity contribution in [3.8, 4) is 0 Å². The Morgan fingerprint density at radius 1 is 1.16 bits per heavy atom. The van der Waals surface area contributed by atoms with Crippen LogP contribution in [-0.2, 0) is 6.54 Å². The Morgan fingerprint density at radius 3 is 2.58 bits per heavy atom. The highest BCUT2D eigenvalue weighted by atomic mass is 19.1. The molecule has 0 atom stereocenters. The average molecular weight is 264 g/mol. The molecule has 0 aliphatic rings. The molecule has 2 aromatic carbocycles. The lowest BCUT2D eigenvalue weighted by atomic mass is 10.2. The largest absolute Gasteiger partial charge is 0.373 e. The van der Waals surface area contributed by atoms with Crippen LogP contribution in [0.15, 0.2) is 42.5 Å². The van der Waals surface area contributed by atoms with Crippen molar-refractivity contribution in [2.24, 2.45) is 0 Å². The predicted octanol–water partition coefficient (Wildman–Crippen LogP) is 3.49. The number of hydrogen-bond acceptors (Lipinski definition) is 3. The van der Waals surface area contributed by atoms with Crippen molar-refractivity contribution in [2.75, 3.05) is 5.32 Å². The van der Waals surface area contributed by atoms with Gasteiger partial charge in [-0.2, -0.15) is 0 Å². The Bertz CT molecular complexity index is 617. The molecule has 0 heterocycles. The van der Waals surface area contributed by atoms with Gasteiger partial charge in [-0.3, -0.25) is 10.1 Å². The van der Waals surface area contributed by atoms with E-state index in [0.29, 0.717) is 5.56 Å². The first-order valence-electron chi connectivity index (χ1n) is 5.49. The molecule has 0 spiro atoms. The smallest absolute Gasteiger partial charge is 0.295 e. The second-order valence-corrected chi connectivity index (χ2v) is 3.87. The molecule has 4 nitrogen and oxygen atoms in total. The average Bonchev–Trinajstić information content (AvgIpc) is 2.37. The fourth-order valence-electron chi connectivity index (χ4n) is 1.68. The minimum atomic E-state index is -0.717. The Labute approximate surface area is 107 Å². The summed E-state index contributed by atoms with van der Waals surface area (Å²) >= 11 is 0. The quantitative estimate of drug-likeness (QED) is 0.679. The molecule has 0 saturated heterocycles. The van der Waals surface area contributed by atoms with E-state index in [1.807, 2.05) is 0 Å². The van der Waals surface area contributed by atoms with E-state index in [1.165, 1.54) is 30.3 Å². The summed E-state index contributed by atoms with van der Waals surface area (Å²) in [6.45, 7) is 0.0968. The van der Waals surface area contributed by atoms with Gasteiger partial charge in [0.1, 0.15) is 11.5 Å². The molecule has 2 aromatic rings. The zero-order valence-corrected chi connectivity index (χ0v) is 9.77. The van der Waals surface area contributed by atoms with Gasteiger partial charge >= 0.3 is 0 Å². The molecule has 0 aliphatic heterocycles. The summed E-state index contributed by atoms with van der Waals surface area (Å²) in [7, 11) is 0. The third-order valence-corrected chi connectivity index (χ3v) is 2.55. The maximum atomic E-state index is 13.6. The summed E-state index contributed by atoms with van der Waals surface area (Å²) in [5, 5.41) is 13.4. The number of nitrogens with one attached hydrogen (secondary N) is 1. The molecule has 0 amide bonds. The van der Waals surface area contributed by atoms with Gasteiger partial charge in [-0.1, -0.05) is 18.2 Å². The van der Waals surface area contributed by atoms with Gasteiger partial charge in [0.25, 0.3) is 5.69 Å². The van der Waals surface area contributed by atoms with Gasteiger partial charge in [0.05, 0.1) is 4.92 Å². The molecule has 0 saturated carbocycles. The van der Waals surface area contributed by atoms with Crippen molar-refractivity contribution >= 4 is 11.4 Å². The van der Waals surface area contributed by atoms with Crippen LogP contribution in [-0.4, -0.2) is 4.92 Å². The molecule has 98 valence electrons. The van der Waals surface area contributed by atoms with Gasteiger partial charge in [0.15, 0.2) is 5.82 Å². The topological polar surface area (TPSA) is 55.2 Å². The molecule has 6 heteroatoms. The molecule has 19 heavy (non-hydrogen) atoms. The van der Waals surface area contributed by atoms with Gasteiger partial charge in [-0.15, -0.1) is 0 Å². The number of nitrogens with zero attached hydrogens (tertiary/aromatic N) is 1. The first kappa shape index (κ1) is 12.9. The maximum Gasteiger partial charge on any atom is 0.295 e. The highest BCUT2D eigenvalue weighted by Gasteiger charge is 2.17. The number of benzene rings is 2. The fourth-order valence-corrected chi connectivity index (χ4v) is 1.68. The van der Waals surface area contributed by atoms with Crippen LogP contribution in [0.1, 0.15) is 5.56 Å². The van der Waals surface area contributed by atoms with Gasteiger partial charge in [0.2, 0.25) is 0 Å². The van der Waals surface area contributed by atoms with Crippen LogP contribution in [0.2, 0.25) is 0 Å². The van der Waals surface area contributed by atoms with E-state index < -0.39 is 16.6 Å². The number of nitro groups is 1. The van der Waals surface area contributed by atoms with Crippen LogP contribution in [0.3, 0.4) is 0 Å². The SMILES string of the molecule is O=[N+]([O-])c1cccc(F)c1NCc1cccc(F)c1. The lowest BCUT2D eigenvalue weighted by Gasteiger charge is -2.08. The first-order valence-corrected chi connectivity index (χ1v) is 5.49. The molecule has 0 radical (unpaired) electrons. The monoisotopic (exact) mass is 264 g/mol. The van der Waals surface area contributed by atoms with Gasteiger partial charge < -0.3 is 5.32 Å². The van der Waals surface area contributed by atoms with Crippen LogP contribution >= 0.6 is 0 Å². The van der Waals surface area contributed by atoms with Crippen LogP contribution < -0.4 is 5.32 Å². The van der Waals surface area contributed by atoms with E-state index in [1.54, 1.807) is 6.07 Å². The molecule has 0 bridgehead atoms. The molecule has 0 aliphatic carbocycles. The van der Waals surface area contributed by atoms with Crippen molar-refractivity contribution in [3.63, 3.8) is 0 Å². The molecule has 2 rings (SSSR count). The third-order valence-electron chi connectivity index (χ3n) is 2.55. The summed E-state index contributed by atoms with van der Waals surface area (Å²) in [6.07, 6.45) is 0. The van der Waals surface area contributed by atoms with E-state index in [4.69, 9.17) is 0 Å². The zero-order valence-electron chi connectivity index (χ0n) is 9.77. The normalized spacial score (nSPS) is 10.2. The van der Waals surface area contributed by atoms with Crippen LogP contribution in [0.25, 0.3) is 0 Å². The van der Waals surface area contributed by atoms with E-state index in [0.717, 1.165) is 6.07 Å². The summed E-state index contributed by atoms with van der Waals surface area (Å²) in [4.78, 5) is 10.1. The van der Waals surface area contributed by atoms with E-state index in [9.17, 15) is 18.9 Å². The fraction of sp³-hybridized carbons (Fsp3) is 0.0769. The lowest BCUT2D eigenvalue weighted by molar-refractivity contribution is -0.384. The third kappa shape index (κ3) is 3.04. The van der Waals surface area contributed by atoms with Crippen LogP contribution in [0, 0.1) is 21.7 Å². The Morgan fingerprint density at radius 2 is 1.89 bits per heavy atom. The van der Waals surface area contributed by atoms with E-state index in [2.05, 4.69) is 5.32 Å². The first-order chi connectivity index (χ1) is 9.08. The lowest BCUT2D eigenvalue weighted by Crippen LogP contribution is -2.05. The highest BCUT2D eigenvalue weighted by Crippen LogP contribution is 2.27. The second-order valence-electron chi connectivity index (χ2n) is 3.87. The van der Waals surface area contributed by atoms with E-state index >= 15 is 0 Å². The molecule has 0 unspecified atom stereocenters. The van der Waals surface area contributed by atoms with Crippen molar-refractivity contribution in [3.05, 3.63) is 69.8 Å². The summed E-state index contributed by atoms with van der Waals surface area (Å²) in [5.74, 6) is -1.13. The van der Waals surface area contributed by atoms with Crippen molar-refractivity contribution in [1.29, 1.82) is 0 Å². The minimum Gasteiger partial charge on any atom is -0.373 e. The summed E-state index contributed by atoms with van der Waals surface area (Å²) in [6, 6.07) is 9.32. The van der Waals surface area contributed by atoms with Gasteiger partial charge in [0, 0.05) is 12.6 Å². The number of anilines is 1. The van der Waals surface area contributed by atoms with Crippen molar-refractivity contribution in [2.45, 2.75) is 6.54 Å². The summed E-state index contributed by atoms with van der Waals surface area (Å²) in [5.41, 5.74) is 0.0192. The Hall–Kier alpha value is -2.50. The number of halogens is 2. The Kier molecular flexibility index (Phi) is 3.70. The summed E-state index contributed by atoms with van der Waals surface area (Å²) < 4.78 is 26.5. The second kappa shape index (κ2) is 5.43. The number of rotatable bonds is 4. The molecular weight excluding hydrogens is 254 g/mol. The van der Waals surface area contributed by atoms with Crippen molar-refractivity contribution in [1.82, 2.24) is 0 Å². The van der Waals surface area contributed by atoms with Crippen LogP contribution in [0.4, 0.5) is 20.2 Å². The maximum absolute atomic E-state index is 13.6. The number of nitro benzene ring substituents is 1. The number of para-hydroxylation sites is 1. The molecule has 1 N–H and O–H groups in total. The molecular formula is C13H10F2N2O2. The van der Waals surface area contributed by atoms with Gasteiger partial charge in [-0.25, -0.2) is 8.78 Å². The predicted molar refractivity (Wildman–Crippen MR) is 66.8 cm³/mol. The minimum absolute atomic E-state index is 0.0968.